The van der Waals surface area contributed by atoms with Crippen LogP contribution in [0.25, 0.3) is 0 Å². The number of hydrogen-bond acceptors (Lipinski definition) is 10. The molecule has 0 aliphatic rings. The summed E-state index contributed by atoms with van der Waals surface area (Å²) in [4.78, 5) is 48.5. The number of carboxylic acids is 1. The molecule has 0 heterocycles. The Bertz CT molecular complexity index is 975. The average molecular weight is 526 g/mol. The highest BCUT2D eigenvalue weighted by Gasteiger charge is 2.43. The number of esters is 1. The fourth-order valence-electron chi connectivity index (χ4n) is 2.91. The second-order valence-electron chi connectivity index (χ2n) is 11.4. The summed E-state index contributed by atoms with van der Waals surface area (Å²) in [6, 6.07) is 3.70. The van der Waals surface area contributed by atoms with Gasteiger partial charge in [0, 0.05) is 19.4 Å². The second kappa shape index (κ2) is 12.8. The van der Waals surface area contributed by atoms with E-state index < -0.39 is 30.0 Å². The number of hydrogen-bond donors (Lipinski definition) is 2. The highest BCUT2D eigenvalue weighted by atomic mass is 16.7. The molecule has 1 aromatic carbocycles. The first kappa shape index (κ1) is 31.7. The summed E-state index contributed by atoms with van der Waals surface area (Å²) in [6.07, 6.45) is -2.40. The second-order valence-corrected chi connectivity index (χ2v) is 11.4. The molecule has 2 N–H and O–H groups in total. The summed E-state index contributed by atoms with van der Waals surface area (Å²) < 4.78 is 26.0. The van der Waals surface area contributed by atoms with Crippen LogP contribution in [0.15, 0.2) is 18.2 Å². The Kier molecular flexibility index (Phi) is 10.9. The van der Waals surface area contributed by atoms with Crippen LogP contribution in [0.5, 0.6) is 11.5 Å². The Hall–Kier alpha value is -3.34. The maximum atomic E-state index is 12.4. The van der Waals surface area contributed by atoms with Gasteiger partial charge in [-0.3, -0.25) is 10.1 Å². The van der Waals surface area contributed by atoms with Gasteiger partial charge in [-0.1, -0.05) is 47.6 Å². The van der Waals surface area contributed by atoms with Crippen LogP contribution in [-0.4, -0.2) is 54.3 Å². The minimum Gasteiger partial charge on any atom is -0.477 e. The Morgan fingerprint density at radius 2 is 1.35 bits per heavy atom. The highest BCUT2D eigenvalue weighted by molar-refractivity contribution is 5.81. The van der Waals surface area contributed by atoms with Gasteiger partial charge in [0.1, 0.15) is 0 Å². The molecule has 1 aromatic rings. The summed E-state index contributed by atoms with van der Waals surface area (Å²) in [7, 11) is 0. The molecule has 11 nitrogen and oxygen atoms in total. The van der Waals surface area contributed by atoms with Crippen molar-refractivity contribution in [3.63, 3.8) is 0 Å². The third kappa shape index (κ3) is 12.0. The van der Waals surface area contributed by atoms with Crippen LogP contribution in [0.4, 0.5) is 9.59 Å². The van der Waals surface area contributed by atoms with E-state index in [0.29, 0.717) is 5.56 Å². The Balaban J connectivity index is 3.35. The van der Waals surface area contributed by atoms with Gasteiger partial charge >= 0.3 is 24.2 Å². The largest absolute Gasteiger partial charge is 0.513 e. The normalized spacial score (nSPS) is 13.4. The summed E-state index contributed by atoms with van der Waals surface area (Å²) in [5, 5.41) is 12.7. The molecule has 0 unspecified atom stereocenters. The van der Waals surface area contributed by atoms with Gasteiger partial charge in [-0.2, -0.15) is 0 Å². The molecular weight excluding hydrogens is 486 g/mol. The van der Waals surface area contributed by atoms with Crippen molar-refractivity contribution in [2.45, 2.75) is 80.5 Å². The van der Waals surface area contributed by atoms with Crippen LogP contribution >= 0.6 is 0 Å². The summed E-state index contributed by atoms with van der Waals surface area (Å²) >= 11 is 0. The van der Waals surface area contributed by atoms with Crippen LogP contribution in [0.2, 0.25) is 0 Å². The van der Waals surface area contributed by atoms with Crippen molar-refractivity contribution in [2.24, 2.45) is 10.8 Å². The third-order valence-electron chi connectivity index (χ3n) is 4.28. The Morgan fingerprint density at radius 3 is 1.76 bits per heavy atom. The molecule has 0 saturated carbocycles. The molecule has 0 aliphatic heterocycles. The molecule has 0 spiro atoms. The lowest BCUT2D eigenvalue weighted by molar-refractivity contribution is -0.182. The fourth-order valence-corrected chi connectivity index (χ4v) is 2.91. The quantitative estimate of drug-likeness (QED) is 0.190. The molecule has 0 radical (unpaired) electrons. The zero-order valence-electron chi connectivity index (χ0n) is 23.1. The first-order valence-corrected chi connectivity index (χ1v) is 11.8. The molecule has 0 aromatic heterocycles. The van der Waals surface area contributed by atoms with Crippen molar-refractivity contribution < 1.29 is 48.0 Å². The Morgan fingerprint density at radius 1 is 0.865 bits per heavy atom. The van der Waals surface area contributed by atoms with E-state index in [1.807, 2.05) is 41.5 Å². The first-order valence-electron chi connectivity index (χ1n) is 11.8. The lowest BCUT2D eigenvalue weighted by Crippen LogP contribution is -2.59. The van der Waals surface area contributed by atoms with Crippen molar-refractivity contribution in [1.29, 1.82) is 0 Å². The highest BCUT2D eigenvalue weighted by Crippen LogP contribution is 2.32. The number of aliphatic carboxylic acids is 1. The third-order valence-corrected chi connectivity index (χ3v) is 4.28. The summed E-state index contributed by atoms with van der Waals surface area (Å²) in [6.45, 7) is 15.8. The average Bonchev–Trinajstić information content (AvgIpc) is 2.70. The number of carboxylic acid groups (broad SMARTS) is 1. The van der Waals surface area contributed by atoms with Gasteiger partial charge in [-0.15, -0.1) is 0 Å². The number of carbonyl (C=O) groups is 4. The molecule has 0 fully saturated rings. The molecule has 0 aliphatic carbocycles. The van der Waals surface area contributed by atoms with Crippen molar-refractivity contribution in [3.8, 4) is 11.5 Å². The molecule has 37 heavy (non-hydrogen) atoms. The monoisotopic (exact) mass is 525 g/mol. The van der Waals surface area contributed by atoms with E-state index in [-0.39, 0.29) is 48.0 Å². The van der Waals surface area contributed by atoms with Gasteiger partial charge < -0.3 is 28.8 Å². The van der Waals surface area contributed by atoms with E-state index in [2.05, 4.69) is 5.32 Å². The molecule has 0 saturated heterocycles. The van der Waals surface area contributed by atoms with E-state index in [0.717, 1.165) is 6.92 Å². The van der Waals surface area contributed by atoms with Gasteiger partial charge in [0.2, 0.25) is 0 Å². The van der Waals surface area contributed by atoms with Crippen LogP contribution < -0.4 is 14.8 Å². The molecule has 0 amide bonds. The summed E-state index contributed by atoms with van der Waals surface area (Å²) in [5.41, 5.74) is -2.44. The predicted octanol–water partition coefficient (Wildman–Crippen LogP) is 4.69. The van der Waals surface area contributed by atoms with Crippen molar-refractivity contribution >= 4 is 24.2 Å². The minimum atomic E-state index is -2.10. The molecule has 11 heteroatoms. The Labute approximate surface area is 217 Å². The fraction of sp³-hybridized carbons (Fsp3) is 0.615. The standard InChI is InChI=1S/C26H39NO10/c1-16(2)27-26(21(29)30,37-17(3)28)13-18-10-11-19(35-22(31)33-14-24(4,5)6)20(12-18)36-23(32)34-15-25(7,8)9/h10-12,16,27H,13-15H2,1-9H3,(H,29,30)/t26-/m0/s1. The van der Waals surface area contributed by atoms with E-state index in [1.165, 1.54) is 18.2 Å². The van der Waals surface area contributed by atoms with Crippen LogP contribution in [0, 0.1) is 10.8 Å². The number of carbonyl (C=O) groups excluding carboxylic acids is 3. The van der Waals surface area contributed by atoms with Crippen LogP contribution in [-0.2, 0) is 30.2 Å². The first-order chi connectivity index (χ1) is 16.8. The summed E-state index contributed by atoms with van der Waals surface area (Å²) in [5.74, 6) is -2.59. The van der Waals surface area contributed by atoms with Crippen molar-refractivity contribution in [2.75, 3.05) is 13.2 Å². The molecule has 0 bridgehead atoms. The topological polar surface area (TPSA) is 147 Å². The van der Waals surface area contributed by atoms with E-state index in [9.17, 15) is 24.3 Å². The lowest BCUT2D eigenvalue weighted by Gasteiger charge is -2.32. The molecule has 208 valence electrons. The lowest BCUT2D eigenvalue weighted by atomic mass is 9.99. The maximum absolute atomic E-state index is 12.4. The minimum absolute atomic E-state index is 0.0578. The zero-order chi connectivity index (χ0) is 28.6. The number of rotatable bonds is 10. The number of nitrogens with one attached hydrogen (secondary N) is 1. The van der Waals surface area contributed by atoms with Crippen LogP contribution in [0.1, 0.15) is 67.9 Å². The van der Waals surface area contributed by atoms with Gasteiger partial charge in [0.15, 0.2) is 11.5 Å². The molecule has 1 rings (SSSR count). The number of ether oxygens (including phenoxy) is 5. The number of benzene rings is 1. The van der Waals surface area contributed by atoms with Crippen LogP contribution in [0.3, 0.4) is 0 Å². The van der Waals surface area contributed by atoms with E-state index in [1.54, 1.807) is 13.8 Å². The van der Waals surface area contributed by atoms with E-state index in [4.69, 9.17) is 23.7 Å². The van der Waals surface area contributed by atoms with E-state index >= 15 is 0 Å². The van der Waals surface area contributed by atoms with Gasteiger partial charge in [0.05, 0.1) is 13.2 Å². The van der Waals surface area contributed by atoms with Gasteiger partial charge in [0.25, 0.3) is 5.72 Å². The van der Waals surface area contributed by atoms with Crippen molar-refractivity contribution in [1.82, 2.24) is 5.32 Å². The maximum Gasteiger partial charge on any atom is 0.513 e. The van der Waals surface area contributed by atoms with Gasteiger partial charge in [-0.05, 0) is 42.4 Å². The molecular formula is C26H39NO10. The predicted molar refractivity (Wildman–Crippen MR) is 133 cm³/mol. The van der Waals surface area contributed by atoms with Gasteiger partial charge in [-0.25, -0.2) is 14.4 Å². The molecule has 1 atom stereocenters. The zero-order valence-corrected chi connectivity index (χ0v) is 23.1. The SMILES string of the molecule is CC(=O)O[C@](Cc1ccc(OC(=O)OCC(C)(C)C)c(OC(=O)OCC(C)(C)C)c1)(NC(C)C)C(=O)O. The smallest absolute Gasteiger partial charge is 0.477 e. The van der Waals surface area contributed by atoms with Crippen molar-refractivity contribution in [3.05, 3.63) is 23.8 Å².